The fraction of sp³-hybridized carbons (Fsp3) is 0.571. The molecule has 1 rings (SSSR count). The highest BCUT2D eigenvalue weighted by molar-refractivity contribution is 5.78. The highest BCUT2D eigenvalue weighted by Crippen LogP contribution is 2.16. The molecule has 0 aliphatic rings. The van der Waals surface area contributed by atoms with Gasteiger partial charge in [-0.1, -0.05) is 33.8 Å². The molecule has 0 spiro atoms. The molecule has 1 aromatic rings. The summed E-state index contributed by atoms with van der Waals surface area (Å²) >= 11 is 0. The van der Waals surface area contributed by atoms with Crippen molar-refractivity contribution in [3.63, 3.8) is 0 Å². The molecule has 0 aromatic carbocycles. The zero-order chi connectivity index (χ0) is 13.0. The first-order valence-electron chi connectivity index (χ1n) is 6.19. The Labute approximate surface area is 104 Å². The van der Waals surface area contributed by atoms with Crippen LogP contribution in [0.25, 0.3) is 0 Å². The van der Waals surface area contributed by atoms with Crippen molar-refractivity contribution >= 4 is 5.91 Å². The van der Waals surface area contributed by atoms with E-state index in [0.29, 0.717) is 5.92 Å². The molecule has 0 unspecified atom stereocenters. The third-order valence-corrected chi connectivity index (χ3v) is 2.71. The standard InChI is InChI=1S/C14H22N2O/c1-9(2)12-7-6-8-13(16-12)11(5)15-14(17)10(3)4/h6-11H,1-5H3,(H,15,17)/t11-/m0/s1. The van der Waals surface area contributed by atoms with Crippen LogP contribution in [0, 0.1) is 5.92 Å². The minimum atomic E-state index is -0.0383. The number of nitrogens with zero attached hydrogens (tertiary/aromatic N) is 1. The normalized spacial score (nSPS) is 12.9. The van der Waals surface area contributed by atoms with E-state index in [0.717, 1.165) is 11.4 Å². The summed E-state index contributed by atoms with van der Waals surface area (Å²) in [4.78, 5) is 16.2. The fourth-order valence-corrected chi connectivity index (χ4v) is 1.49. The minimum Gasteiger partial charge on any atom is -0.348 e. The molecule has 1 N–H and O–H groups in total. The number of amides is 1. The van der Waals surface area contributed by atoms with Crippen LogP contribution in [0.1, 0.15) is 58.0 Å². The lowest BCUT2D eigenvalue weighted by atomic mass is 10.1. The summed E-state index contributed by atoms with van der Waals surface area (Å²) in [6.45, 7) is 9.97. The molecule has 1 aromatic heterocycles. The topological polar surface area (TPSA) is 42.0 Å². The molecule has 0 saturated heterocycles. The first-order chi connectivity index (χ1) is 7.91. The average molecular weight is 234 g/mol. The third kappa shape index (κ3) is 3.84. The van der Waals surface area contributed by atoms with Gasteiger partial charge in [0, 0.05) is 11.6 Å². The quantitative estimate of drug-likeness (QED) is 0.870. The van der Waals surface area contributed by atoms with E-state index in [-0.39, 0.29) is 17.9 Å². The molecule has 17 heavy (non-hydrogen) atoms. The van der Waals surface area contributed by atoms with Gasteiger partial charge in [-0.15, -0.1) is 0 Å². The minimum absolute atomic E-state index is 0.00531. The summed E-state index contributed by atoms with van der Waals surface area (Å²) in [6, 6.07) is 5.93. The van der Waals surface area contributed by atoms with Crippen molar-refractivity contribution in [2.24, 2.45) is 5.92 Å². The van der Waals surface area contributed by atoms with Crippen molar-refractivity contribution in [1.82, 2.24) is 10.3 Å². The van der Waals surface area contributed by atoms with Crippen molar-refractivity contribution in [2.45, 2.75) is 46.6 Å². The average Bonchev–Trinajstić information content (AvgIpc) is 2.28. The van der Waals surface area contributed by atoms with Gasteiger partial charge >= 0.3 is 0 Å². The molecule has 0 bridgehead atoms. The molecule has 0 fully saturated rings. The highest BCUT2D eigenvalue weighted by Gasteiger charge is 2.14. The summed E-state index contributed by atoms with van der Waals surface area (Å²) in [5.74, 6) is 0.475. The van der Waals surface area contributed by atoms with Gasteiger partial charge in [0.15, 0.2) is 0 Å². The Morgan fingerprint density at radius 1 is 1.12 bits per heavy atom. The van der Waals surface area contributed by atoms with Gasteiger partial charge in [-0.05, 0) is 25.0 Å². The van der Waals surface area contributed by atoms with Gasteiger partial charge in [-0.25, -0.2) is 0 Å². The Bertz CT molecular complexity index is 386. The lowest BCUT2D eigenvalue weighted by Crippen LogP contribution is -2.30. The van der Waals surface area contributed by atoms with Gasteiger partial charge in [0.1, 0.15) is 0 Å². The number of hydrogen-bond acceptors (Lipinski definition) is 2. The molecule has 1 heterocycles. The first-order valence-corrected chi connectivity index (χ1v) is 6.19. The van der Waals surface area contributed by atoms with Crippen LogP contribution in [-0.2, 0) is 4.79 Å². The molecule has 3 heteroatoms. The van der Waals surface area contributed by atoms with Crippen LogP contribution >= 0.6 is 0 Å². The maximum Gasteiger partial charge on any atom is 0.223 e. The van der Waals surface area contributed by atoms with E-state index in [1.165, 1.54) is 0 Å². The Balaban J connectivity index is 2.78. The van der Waals surface area contributed by atoms with Gasteiger partial charge in [0.25, 0.3) is 0 Å². The van der Waals surface area contributed by atoms with E-state index in [1.54, 1.807) is 0 Å². The van der Waals surface area contributed by atoms with Crippen LogP contribution in [0.3, 0.4) is 0 Å². The maximum absolute atomic E-state index is 11.6. The fourth-order valence-electron chi connectivity index (χ4n) is 1.49. The van der Waals surface area contributed by atoms with Crippen molar-refractivity contribution in [3.8, 4) is 0 Å². The zero-order valence-electron chi connectivity index (χ0n) is 11.3. The van der Waals surface area contributed by atoms with E-state index in [1.807, 2.05) is 39.0 Å². The van der Waals surface area contributed by atoms with E-state index >= 15 is 0 Å². The Morgan fingerprint density at radius 2 is 1.71 bits per heavy atom. The van der Waals surface area contributed by atoms with E-state index in [9.17, 15) is 4.79 Å². The third-order valence-electron chi connectivity index (χ3n) is 2.71. The number of hydrogen-bond donors (Lipinski definition) is 1. The molecule has 3 nitrogen and oxygen atoms in total. The Morgan fingerprint density at radius 3 is 2.24 bits per heavy atom. The monoisotopic (exact) mass is 234 g/mol. The number of pyridine rings is 1. The maximum atomic E-state index is 11.6. The predicted molar refractivity (Wildman–Crippen MR) is 69.7 cm³/mol. The first kappa shape index (κ1) is 13.7. The van der Waals surface area contributed by atoms with Crippen molar-refractivity contribution in [2.75, 3.05) is 0 Å². The molecule has 0 aliphatic carbocycles. The van der Waals surface area contributed by atoms with Crippen LogP contribution in [0.2, 0.25) is 0 Å². The number of rotatable bonds is 4. The number of carbonyl (C=O) groups excluding carboxylic acids is 1. The molecule has 0 saturated carbocycles. The highest BCUT2D eigenvalue weighted by atomic mass is 16.1. The second-order valence-corrected chi connectivity index (χ2v) is 5.03. The Hall–Kier alpha value is -1.38. The molecular formula is C14H22N2O. The molecule has 0 aliphatic heterocycles. The smallest absolute Gasteiger partial charge is 0.223 e. The molecule has 0 radical (unpaired) electrons. The van der Waals surface area contributed by atoms with Gasteiger partial charge in [0.05, 0.1) is 11.7 Å². The molecule has 1 amide bonds. The summed E-state index contributed by atoms with van der Waals surface area (Å²) in [6.07, 6.45) is 0. The predicted octanol–water partition coefficient (Wildman–Crippen LogP) is 3.04. The van der Waals surface area contributed by atoms with Crippen LogP contribution in [0.15, 0.2) is 18.2 Å². The van der Waals surface area contributed by atoms with Crippen LogP contribution in [0.5, 0.6) is 0 Å². The van der Waals surface area contributed by atoms with Gasteiger partial charge in [-0.3, -0.25) is 9.78 Å². The van der Waals surface area contributed by atoms with E-state index in [4.69, 9.17) is 0 Å². The zero-order valence-corrected chi connectivity index (χ0v) is 11.3. The van der Waals surface area contributed by atoms with Crippen molar-refractivity contribution in [3.05, 3.63) is 29.6 Å². The summed E-state index contributed by atoms with van der Waals surface area (Å²) in [7, 11) is 0. The van der Waals surface area contributed by atoms with Crippen molar-refractivity contribution in [1.29, 1.82) is 0 Å². The molecular weight excluding hydrogens is 212 g/mol. The number of carbonyl (C=O) groups is 1. The summed E-state index contributed by atoms with van der Waals surface area (Å²) in [5.41, 5.74) is 1.98. The summed E-state index contributed by atoms with van der Waals surface area (Å²) < 4.78 is 0. The van der Waals surface area contributed by atoms with E-state index in [2.05, 4.69) is 24.1 Å². The van der Waals surface area contributed by atoms with Gasteiger partial charge < -0.3 is 5.32 Å². The largest absolute Gasteiger partial charge is 0.348 e. The second kappa shape index (κ2) is 5.80. The van der Waals surface area contributed by atoms with Gasteiger partial charge in [0.2, 0.25) is 5.91 Å². The lowest BCUT2D eigenvalue weighted by Gasteiger charge is -2.16. The van der Waals surface area contributed by atoms with Crippen LogP contribution < -0.4 is 5.32 Å². The molecule has 1 atom stereocenters. The van der Waals surface area contributed by atoms with E-state index < -0.39 is 0 Å². The van der Waals surface area contributed by atoms with Crippen LogP contribution in [0.4, 0.5) is 0 Å². The lowest BCUT2D eigenvalue weighted by molar-refractivity contribution is -0.124. The van der Waals surface area contributed by atoms with Gasteiger partial charge in [-0.2, -0.15) is 0 Å². The number of aromatic nitrogens is 1. The van der Waals surface area contributed by atoms with Crippen molar-refractivity contribution < 1.29 is 4.79 Å². The summed E-state index contributed by atoms with van der Waals surface area (Å²) in [5, 5.41) is 2.96. The second-order valence-electron chi connectivity index (χ2n) is 5.03. The molecule has 94 valence electrons. The Kier molecular flexibility index (Phi) is 4.67. The van der Waals surface area contributed by atoms with Crippen LogP contribution in [-0.4, -0.2) is 10.9 Å². The number of nitrogens with one attached hydrogen (secondary N) is 1. The SMILES string of the molecule is CC(C)C(=O)N[C@@H](C)c1cccc(C(C)C)n1.